The largest absolute Gasteiger partial charge is 0.399 e. The Morgan fingerprint density at radius 1 is 1.25 bits per heavy atom. The molecule has 0 saturated carbocycles. The Labute approximate surface area is 115 Å². The Kier molecular flexibility index (Phi) is 4.03. The van der Waals surface area contributed by atoms with Crippen LogP contribution in [0, 0.1) is 11.6 Å². The Morgan fingerprint density at radius 3 is 2.45 bits per heavy atom. The first-order chi connectivity index (χ1) is 9.40. The topological polar surface area (TPSA) is 78.0 Å². The summed E-state index contributed by atoms with van der Waals surface area (Å²) in [6.07, 6.45) is 5.00. The second-order valence-corrected chi connectivity index (χ2v) is 6.33. The van der Waals surface area contributed by atoms with E-state index in [1.165, 1.54) is 6.33 Å². The van der Waals surface area contributed by atoms with E-state index in [1.807, 2.05) is 0 Å². The number of aromatic nitrogens is 2. The van der Waals surface area contributed by atoms with Gasteiger partial charge in [0.05, 0.1) is 12.1 Å². The van der Waals surface area contributed by atoms with Gasteiger partial charge in [0, 0.05) is 24.6 Å². The van der Waals surface area contributed by atoms with Crippen molar-refractivity contribution in [2.45, 2.75) is 17.9 Å². The molecule has 0 aliphatic carbocycles. The van der Waals surface area contributed by atoms with Gasteiger partial charge in [-0.1, -0.05) is 0 Å². The predicted octanol–water partition coefficient (Wildman–Crippen LogP) is 1.61. The van der Waals surface area contributed by atoms with E-state index in [1.54, 1.807) is 17.0 Å². The SMILES string of the molecule is Nc1cc(F)c(S(=O)(=O)CCCn2ccnc2)c(F)c1. The molecule has 108 valence electrons. The third kappa shape index (κ3) is 3.13. The third-order valence-corrected chi connectivity index (χ3v) is 4.56. The van der Waals surface area contributed by atoms with E-state index in [9.17, 15) is 17.2 Å². The second-order valence-electron chi connectivity index (χ2n) is 4.29. The minimum atomic E-state index is -4.03. The van der Waals surface area contributed by atoms with Crippen LogP contribution >= 0.6 is 0 Å². The highest BCUT2D eigenvalue weighted by Gasteiger charge is 2.24. The molecule has 0 spiro atoms. The standard InChI is InChI=1S/C12H13F2N3O2S/c13-10-6-9(15)7-11(14)12(10)20(18,19)5-1-3-17-4-2-16-8-17/h2,4,6-8H,1,3,5,15H2. The van der Waals surface area contributed by atoms with Gasteiger partial charge in [0.2, 0.25) is 0 Å². The number of hydrogen-bond donors (Lipinski definition) is 1. The van der Waals surface area contributed by atoms with Gasteiger partial charge >= 0.3 is 0 Å². The van der Waals surface area contributed by atoms with Gasteiger partial charge in [-0.2, -0.15) is 0 Å². The molecule has 0 bridgehead atoms. The van der Waals surface area contributed by atoms with E-state index < -0.39 is 26.4 Å². The number of rotatable bonds is 5. The molecule has 0 unspecified atom stereocenters. The smallest absolute Gasteiger partial charge is 0.184 e. The number of anilines is 1. The fourth-order valence-corrected chi connectivity index (χ4v) is 3.26. The number of sulfone groups is 1. The zero-order valence-electron chi connectivity index (χ0n) is 10.5. The molecular formula is C12H13F2N3O2S. The highest BCUT2D eigenvalue weighted by molar-refractivity contribution is 7.91. The number of nitrogens with two attached hydrogens (primary N) is 1. The quantitative estimate of drug-likeness (QED) is 0.851. The van der Waals surface area contributed by atoms with Gasteiger partial charge in [-0.05, 0) is 18.6 Å². The van der Waals surface area contributed by atoms with E-state index in [-0.39, 0.29) is 17.9 Å². The zero-order valence-corrected chi connectivity index (χ0v) is 11.3. The van der Waals surface area contributed by atoms with Crippen molar-refractivity contribution in [2.24, 2.45) is 0 Å². The molecule has 0 aliphatic rings. The molecule has 5 nitrogen and oxygen atoms in total. The van der Waals surface area contributed by atoms with Gasteiger partial charge < -0.3 is 10.3 Å². The average Bonchev–Trinajstić information content (AvgIpc) is 2.79. The lowest BCUT2D eigenvalue weighted by atomic mass is 10.3. The van der Waals surface area contributed by atoms with Gasteiger partial charge in [-0.25, -0.2) is 22.2 Å². The second kappa shape index (κ2) is 5.58. The van der Waals surface area contributed by atoms with E-state index >= 15 is 0 Å². The van der Waals surface area contributed by atoms with Gasteiger partial charge in [0.1, 0.15) is 16.5 Å². The fraction of sp³-hybridized carbons (Fsp3) is 0.250. The minimum absolute atomic E-state index is 0.155. The molecule has 8 heteroatoms. The van der Waals surface area contributed by atoms with Crippen LogP contribution < -0.4 is 5.73 Å². The third-order valence-electron chi connectivity index (χ3n) is 2.72. The molecule has 2 aromatic rings. The number of imidazole rings is 1. The Hall–Kier alpha value is -1.96. The van der Waals surface area contributed by atoms with Crippen LogP contribution in [0.5, 0.6) is 0 Å². The van der Waals surface area contributed by atoms with E-state index in [4.69, 9.17) is 5.73 Å². The molecule has 1 aromatic carbocycles. The van der Waals surface area contributed by atoms with Gasteiger partial charge in [-0.15, -0.1) is 0 Å². The molecule has 0 saturated heterocycles. The molecule has 1 heterocycles. The van der Waals surface area contributed by atoms with Crippen LogP contribution in [-0.2, 0) is 16.4 Å². The summed E-state index contributed by atoms with van der Waals surface area (Å²) in [5.74, 6) is -2.68. The number of halogens is 2. The summed E-state index contributed by atoms with van der Waals surface area (Å²) in [6.45, 7) is 0.400. The predicted molar refractivity (Wildman–Crippen MR) is 69.7 cm³/mol. The van der Waals surface area contributed by atoms with Crippen molar-refractivity contribution in [1.29, 1.82) is 0 Å². The molecule has 0 amide bonds. The lowest BCUT2D eigenvalue weighted by molar-refractivity contribution is 0.518. The van der Waals surface area contributed by atoms with Crippen molar-refractivity contribution in [1.82, 2.24) is 9.55 Å². The number of benzene rings is 1. The highest BCUT2D eigenvalue weighted by Crippen LogP contribution is 2.23. The zero-order chi connectivity index (χ0) is 14.8. The monoisotopic (exact) mass is 301 g/mol. The molecule has 0 atom stereocenters. The minimum Gasteiger partial charge on any atom is -0.399 e. The number of nitrogen functional groups attached to an aromatic ring is 1. The van der Waals surface area contributed by atoms with Crippen molar-refractivity contribution in [3.05, 3.63) is 42.5 Å². The molecule has 2 rings (SSSR count). The molecule has 1 aromatic heterocycles. The first-order valence-corrected chi connectivity index (χ1v) is 7.48. The Balaban J connectivity index is 2.14. The van der Waals surface area contributed by atoms with E-state index in [0.717, 1.165) is 12.1 Å². The maximum atomic E-state index is 13.6. The maximum Gasteiger partial charge on any atom is 0.184 e. The summed E-state index contributed by atoms with van der Waals surface area (Å²) in [5, 5.41) is 0. The van der Waals surface area contributed by atoms with Crippen molar-refractivity contribution >= 4 is 15.5 Å². The molecule has 0 radical (unpaired) electrons. The summed E-state index contributed by atoms with van der Waals surface area (Å²) in [7, 11) is -4.03. The van der Waals surface area contributed by atoms with Crippen molar-refractivity contribution in [3.63, 3.8) is 0 Å². The summed E-state index contributed by atoms with van der Waals surface area (Å²) in [5.41, 5.74) is 5.10. The van der Waals surface area contributed by atoms with Crippen LogP contribution in [0.15, 0.2) is 35.7 Å². The molecular weight excluding hydrogens is 288 g/mol. The van der Waals surface area contributed by atoms with Crippen LogP contribution in [0.25, 0.3) is 0 Å². The summed E-state index contributed by atoms with van der Waals surface area (Å²) in [4.78, 5) is 2.89. The van der Waals surface area contributed by atoms with E-state index in [2.05, 4.69) is 4.98 Å². The van der Waals surface area contributed by atoms with E-state index in [0.29, 0.717) is 6.54 Å². The number of nitrogens with zero attached hydrogens (tertiary/aromatic N) is 2. The molecule has 2 N–H and O–H groups in total. The summed E-state index contributed by atoms with van der Waals surface area (Å²) < 4.78 is 52.8. The normalized spacial score (nSPS) is 11.7. The van der Waals surface area contributed by atoms with Gasteiger partial charge in [0.15, 0.2) is 9.84 Å². The molecule has 0 aliphatic heterocycles. The lowest BCUT2D eigenvalue weighted by Crippen LogP contribution is -2.13. The summed E-state index contributed by atoms with van der Waals surface area (Å²) >= 11 is 0. The van der Waals surface area contributed by atoms with Gasteiger partial charge in [0.25, 0.3) is 0 Å². The molecule has 0 fully saturated rings. The van der Waals surface area contributed by atoms with Crippen LogP contribution in [0.1, 0.15) is 6.42 Å². The maximum absolute atomic E-state index is 13.6. The van der Waals surface area contributed by atoms with Crippen molar-refractivity contribution in [2.75, 3.05) is 11.5 Å². The van der Waals surface area contributed by atoms with Crippen molar-refractivity contribution < 1.29 is 17.2 Å². The number of hydrogen-bond acceptors (Lipinski definition) is 4. The van der Waals surface area contributed by atoms with Crippen LogP contribution in [0.2, 0.25) is 0 Å². The first-order valence-electron chi connectivity index (χ1n) is 5.83. The fourth-order valence-electron chi connectivity index (χ4n) is 1.83. The van der Waals surface area contributed by atoms with Crippen LogP contribution in [-0.4, -0.2) is 23.7 Å². The Bertz CT molecular complexity index is 676. The highest BCUT2D eigenvalue weighted by atomic mass is 32.2. The molecule has 20 heavy (non-hydrogen) atoms. The first kappa shape index (κ1) is 14.4. The van der Waals surface area contributed by atoms with Crippen LogP contribution in [0.3, 0.4) is 0 Å². The number of aryl methyl sites for hydroxylation is 1. The lowest BCUT2D eigenvalue weighted by Gasteiger charge is -2.08. The van der Waals surface area contributed by atoms with Crippen molar-refractivity contribution in [3.8, 4) is 0 Å². The van der Waals surface area contributed by atoms with Crippen LogP contribution in [0.4, 0.5) is 14.5 Å². The van der Waals surface area contributed by atoms with Gasteiger partial charge in [-0.3, -0.25) is 0 Å². The summed E-state index contributed by atoms with van der Waals surface area (Å²) in [6, 6.07) is 1.59. The average molecular weight is 301 g/mol. The Morgan fingerprint density at radius 2 is 1.90 bits per heavy atom.